The molecular formula is C26H24ClN3O5S. The number of carbonyl (C=O) groups is 2. The van der Waals surface area contributed by atoms with Crippen LogP contribution in [0.4, 0.5) is 5.69 Å². The lowest BCUT2D eigenvalue weighted by atomic mass is 10.1. The highest BCUT2D eigenvalue weighted by atomic mass is 35.5. The third kappa shape index (κ3) is 4.43. The van der Waals surface area contributed by atoms with Crippen molar-refractivity contribution >= 4 is 52.5 Å². The van der Waals surface area contributed by atoms with Gasteiger partial charge in [-0.15, -0.1) is 0 Å². The molecule has 0 spiro atoms. The molecule has 186 valence electrons. The van der Waals surface area contributed by atoms with Gasteiger partial charge in [0.05, 0.1) is 32.7 Å². The monoisotopic (exact) mass is 525 g/mol. The van der Waals surface area contributed by atoms with E-state index in [1.54, 1.807) is 49.6 Å². The quantitative estimate of drug-likeness (QED) is 0.288. The topological polar surface area (TPSA) is 82.0 Å². The number of thiocarbonyl (C=S) groups is 1. The number of hydrogen-bond donors (Lipinski definition) is 1. The van der Waals surface area contributed by atoms with Crippen molar-refractivity contribution in [3.63, 3.8) is 0 Å². The number of nitrogens with one attached hydrogen (secondary N) is 1. The minimum atomic E-state index is -0.584. The van der Waals surface area contributed by atoms with Crippen LogP contribution in [0.1, 0.15) is 17.0 Å². The summed E-state index contributed by atoms with van der Waals surface area (Å²) in [6.45, 7) is 3.81. The number of rotatable bonds is 6. The number of aryl methyl sites for hydroxylation is 1. The molecule has 0 radical (unpaired) electrons. The molecule has 4 rings (SSSR count). The molecule has 1 aliphatic heterocycles. The highest BCUT2D eigenvalue weighted by Gasteiger charge is 2.36. The van der Waals surface area contributed by atoms with Crippen LogP contribution < -0.4 is 24.4 Å². The molecule has 1 aromatic heterocycles. The smallest absolute Gasteiger partial charge is 0.270 e. The van der Waals surface area contributed by atoms with Gasteiger partial charge in [-0.25, -0.2) is 4.90 Å². The third-order valence-electron chi connectivity index (χ3n) is 5.88. The zero-order chi connectivity index (χ0) is 26.1. The van der Waals surface area contributed by atoms with E-state index in [2.05, 4.69) is 5.32 Å². The number of amides is 2. The SMILES string of the molecule is COc1ccc(N2C(=O)/C(=C/c3cc(C)n(-c4cc(Cl)ccc4OC)c3C)C(=O)NC2=S)c(OC)c1. The largest absolute Gasteiger partial charge is 0.497 e. The number of hydrogen-bond acceptors (Lipinski definition) is 6. The van der Waals surface area contributed by atoms with Gasteiger partial charge in [-0.3, -0.25) is 14.9 Å². The van der Waals surface area contributed by atoms with Crippen molar-refractivity contribution < 1.29 is 23.8 Å². The number of carbonyl (C=O) groups excluding carboxylic acids is 2. The van der Waals surface area contributed by atoms with Crippen molar-refractivity contribution in [3.8, 4) is 22.9 Å². The zero-order valence-corrected chi connectivity index (χ0v) is 21.9. The summed E-state index contributed by atoms with van der Waals surface area (Å²) >= 11 is 11.6. The summed E-state index contributed by atoms with van der Waals surface area (Å²) in [5, 5.41) is 3.12. The normalized spacial score (nSPS) is 14.8. The third-order valence-corrected chi connectivity index (χ3v) is 6.40. The van der Waals surface area contributed by atoms with Crippen molar-refractivity contribution in [2.24, 2.45) is 0 Å². The van der Waals surface area contributed by atoms with Gasteiger partial charge in [-0.05, 0) is 74.1 Å². The Bertz CT molecular complexity index is 1430. The Balaban J connectivity index is 1.80. The van der Waals surface area contributed by atoms with Crippen LogP contribution in [0.25, 0.3) is 11.8 Å². The van der Waals surface area contributed by atoms with Gasteiger partial charge in [-0.1, -0.05) is 11.6 Å². The maximum Gasteiger partial charge on any atom is 0.270 e. The Kier molecular flexibility index (Phi) is 7.05. The highest BCUT2D eigenvalue weighted by molar-refractivity contribution is 7.80. The summed E-state index contributed by atoms with van der Waals surface area (Å²) in [4.78, 5) is 27.7. The van der Waals surface area contributed by atoms with Crippen LogP contribution in [0.15, 0.2) is 48.0 Å². The fourth-order valence-corrected chi connectivity index (χ4v) is 4.58. The van der Waals surface area contributed by atoms with E-state index in [4.69, 9.17) is 38.0 Å². The molecule has 2 amide bonds. The molecule has 0 saturated carbocycles. The molecule has 1 aliphatic rings. The Hall–Kier alpha value is -3.82. The second kappa shape index (κ2) is 10.0. The van der Waals surface area contributed by atoms with Gasteiger partial charge >= 0.3 is 0 Å². The Morgan fingerprint density at radius 3 is 2.31 bits per heavy atom. The highest BCUT2D eigenvalue weighted by Crippen LogP contribution is 2.35. The second-order valence-corrected chi connectivity index (χ2v) is 8.80. The van der Waals surface area contributed by atoms with E-state index in [0.717, 1.165) is 17.1 Å². The van der Waals surface area contributed by atoms with Crippen molar-refractivity contribution in [2.75, 3.05) is 26.2 Å². The Labute approximate surface area is 219 Å². The second-order valence-electron chi connectivity index (χ2n) is 7.97. The van der Waals surface area contributed by atoms with Gasteiger partial charge < -0.3 is 18.8 Å². The van der Waals surface area contributed by atoms with E-state index >= 15 is 0 Å². The van der Waals surface area contributed by atoms with Gasteiger partial charge in [0.15, 0.2) is 5.11 Å². The van der Waals surface area contributed by atoms with Crippen molar-refractivity contribution in [1.29, 1.82) is 0 Å². The van der Waals surface area contributed by atoms with Gasteiger partial charge in [0.2, 0.25) is 0 Å². The predicted molar refractivity (Wildman–Crippen MR) is 143 cm³/mol. The average molecular weight is 526 g/mol. The van der Waals surface area contributed by atoms with Crippen LogP contribution in [0.3, 0.4) is 0 Å². The van der Waals surface area contributed by atoms with Gasteiger partial charge in [0.1, 0.15) is 22.8 Å². The molecule has 0 atom stereocenters. The molecule has 1 saturated heterocycles. The molecule has 0 unspecified atom stereocenters. The lowest BCUT2D eigenvalue weighted by Crippen LogP contribution is -2.54. The molecule has 0 aliphatic carbocycles. The van der Waals surface area contributed by atoms with Gasteiger partial charge in [-0.2, -0.15) is 0 Å². The molecule has 0 bridgehead atoms. The van der Waals surface area contributed by atoms with Gasteiger partial charge in [0.25, 0.3) is 11.8 Å². The number of methoxy groups -OCH3 is 3. The van der Waals surface area contributed by atoms with Crippen LogP contribution in [-0.2, 0) is 9.59 Å². The summed E-state index contributed by atoms with van der Waals surface area (Å²) in [7, 11) is 4.59. The molecule has 36 heavy (non-hydrogen) atoms. The first-order chi connectivity index (χ1) is 17.2. The van der Waals surface area contributed by atoms with Crippen LogP contribution in [0.5, 0.6) is 17.2 Å². The lowest BCUT2D eigenvalue weighted by Gasteiger charge is -2.30. The summed E-state index contributed by atoms with van der Waals surface area (Å²) in [5.41, 5.74) is 3.40. The minimum Gasteiger partial charge on any atom is -0.497 e. The number of anilines is 1. The van der Waals surface area contributed by atoms with Crippen molar-refractivity contribution in [3.05, 3.63) is 70.0 Å². The zero-order valence-electron chi connectivity index (χ0n) is 20.3. The number of ether oxygens (including phenoxy) is 3. The Morgan fingerprint density at radius 1 is 0.917 bits per heavy atom. The maximum absolute atomic E-state index is 13.6. The summed E-state index contributed by atoms with van der Waals surface area (Å²) in [5.74, 6) is 0.396. The van der Waals surface area contributed by atoms with Gasteiger partial charge in [0, 0.05) is 22.5 Å². The average Bonchev–Trinajstić information content (AvgIpc) is 3.13. The molecule has 2 aromatic carbocycles. The molecule has 8 nitrogen and oxygen atoms in total. The fourth-order valence-electron chi connectivity index (χ4n) is 4.14. The first-order valence-corrected chi connectivity index (χ1v) is 11.6. The number of benzene rings is 2. The fraction of sp³-hybridized carbons (Fsp3) is 0.192. The number of halogens is 1. The molecule has 1 fully saturated rings. The number of nitrogens with zero attached hydrogens (tertiary/aromatic N) is 2. The van der Waals surface area contributed by atoms with E-state index < -0.39 is 11.8 Å². The van der Waals surface area contributed by atoms with Crippen LogP contribution in [0, 0.1) is 13.8 Å². The lowest BCUT2D eigenvalue weighted by molar-refractivity contribution is -0.122. The van der Waals surface area contributed by atoms with E-state index in [0.29, 0.717) is 33.5 Å². The molecule has 2 heterocycles. The predicted octanol–water partition coefficient (Wildman–Crippen LogP) is 4.60. The maximum atomic E-state index is 13.6. The molecule has 3 aromatic rings. The molecule has 1 N–H and O–H groups in total. The summed E-state index contributed by atoms with van der Waals surface area (Å²) < 4.78 is 18.2. The number of aromatic nitrogens is 1. The minimum absolute atomic E-state index is 0.0419. The van der Waals surface area contributed by atoms with Crippen LogP contribution in [0.2, 0.25) is 5.02 Å². The van der Waals surface area contributed by atoms with Crippen molar-refractivity contribution in [2.45, 2.75) is 13.8 Å². The van der Waals surface area contributed by atoms with E-state index in [-0.39, 0.29) is 10.7 Å². The van der Waals surface area contributed by atoms with E-state index in [1.807, 2.05) is 24.5 Å². The molecular weight excluding hydrogens is 502 g/mol. The van der Waals surface area contributed by atoms with E-state index in [1.165, 1.54) is 19.1 Å². The summed E-state index contributed by atoms with van der Waals surface area (Å²) in [6, 6.07) is 12.2. The first kappa shape index (κ1) is 25.3. The summed E-state index contributed by atoms with van der Waals surface area (Å²) in [6.07, 6.45) is 1.55. The molecule has 10 heteroatoms. The van der Waals surface area contributed by atoms with Crippen LogP contribution >= 0.6 is 23.8 Å². The van der Waals surface area contributed by atoms with Crippen molar-refractivity contribution in [1.82, 2.24) is 9.88 Å². The standard InChI is InChI=1S/C26H24ClN3O5S/c1-14-10-16(15(2)29(14)21-12-17(27)6-9-22(21)34-4)11-19-24(31)28-26(36)30(25(19)32)20-8-7-18(33-3)13-23(20)35-5/h6-13H,1-5H3,(H,28,31,36)/b19-11+. The van der Waals surface area contributed by atoms with Crippen LogP contribution in [-0.4, -0.2) is 42.8 Å². The Morgan fingerprint density at radius 2 is 1.64 bits per heavy atom. The van der Waals surface area contributed by atoms with E-state index in [9.17, 15) is 9.59 Å². The first-order valence-electron chi connectivity index (χ1n) is 10.9.